The zero-order chi connectivity index (χ0) is 14.4. The Balaban J connectivity index is 2.17. The molecule has 1 aromatic carbocycles. The van der Waals surface area contributed by atoms with Gasteiger partial charge in [-0.3, -0.25) is 0 Å². The zero-order valence-electron chi connectivity index (χ0n) is 12.3. The summed E-state index contributed by atoms with van der Waals surface area (Å²) in [6.07, 6.45) is 1.03. The lowest BCUT2D eigenvalue weighted by Gasteiger charge is -2.17. The molecule has 20 heavy (non-hydrogen) atoms. The highest BCUT2D eigenvalue weighted by atomic mass is 32.1. The van der Waals surface area contributed by atoms with Gasteiger partial charge in [-0.25, -0.2) is 4.98 Å². The van der Waals surface area contributed by atoms with Crippen molar-refractivity contribution in [1.29, 1.82) is 0 Å². The summed E-state index contributed by atoms with van der Waals surface area (Å²) in [5, 5.41) is 6.73. The maximum absolute atomic E-state index is 5.63. The summed E-state index contributed by atoms with van der Waals surface area (Å²) in [5.41, 5.74) is 2.32. The first-order valence-corrected chi connectivity index (χ1v) is 8.00. The molecule has 0 saturated carbocycles. The zero-order valence-corrected chi connectivity index (χ0v) is 13.2. The molecule has 0 aliphatic carbocycles. The molecule has 0 bridgehead atoms. The topological polar surface area (TPSA) is 34.1 Å². The second-order valence-electron chi connectivity index (χ2n) is 4.70. The molecule has 0 aliphatic rings. The molecule has 0 spiro atoms. The normalized spacial score (nSPS) is 12.3. The van der Waals surface area contributed by atoms with Gasteiger partial charge in [0.25, 0.3) is 0 Å². The van der Waals surface area contributed by atoms with E-state index in [-0.39, 0.29) is 6.04 Å². The number of hydrogen-bond acceptors (Lipinski definition) is 4. The maximum atomic E-state index is 5.63. The van der Waals surface area contributed by atoms with Crippen LogP contribution in [0.5, 0.6) is 5.75 Å². The SMILES string of the molecule is CCCOc1ccc(C(NCC)c2csc(C)n2)cc1. The third-order valence-corrected chi connectivity index (χ3v) is 3.82. The molecule has 0 fully saturated rings. The van der Waals surface area contributed by atoms with Crippen LogP contribution in [0.4, 0.5) is 0 Å². The van der Waals surface area contributed by atoms with E-state index in [2.05, 4.69) is 41.7 Å². The monoisotopic (exact) mass is 290 g/mol. The number of aromatic nitrogens is 1. The van der Waals surface area contributed by atoms with E-state index in [1.54, 1.807) is 11.3 Å². The molecule has 4 heteroatoms. The number of hydrogen-bond donors (Lipinski definition) is 1. The number of nitrogens with one attached hydrogen (secondary N) is 1. The summed E-state index contributed by atoms with van der Waals surface area (Å²) < 4.78 is 5.63. The van der Waals surface area contributed by atoms with Gasteiger partial charge in [0.1, 0.15) is 5.75 Å². The Morgan fingerprint density at radius 1 is 1.25 bits per heavy atom. The van der Waals surface area contributed by atoms with Crippen molar-refractivity contribution in [1.82, 2.24) is 10.3 Å². The summed E-state index contributed by atoms with van der Waals surface area (Å²) >= 11 is 1.69. The minimum atomic E-state index is 0.158. The molecule has 108 valence electrons. The van der Waals surface area contributed by atoms with Crippen molar-refractivity contribution in [2.45, 2.75) is 33.2 Å². The highest BCUT2D eigenvalue weighted by Crippen LogP contribution is 2.25. The highest BCUT2D eigenvalue weighted by Gasteiger charge is 2.15. The van der Waals surface area contributed by atoms with E-state index < -0.39 is 0 Å². The maximum Gasteiger partial charge on any atom is 0.119 e. The fraction of sp³-hybridized carbons (Fsp3) is 0.438. The van der Waals surface area contributed by atoms with Crippen LogP contribution < -0.4 is 10.1 Å². The molecule has 1 N–H and O–H groups in total. The summed E-state index contributed by atoms with van der Waals surface area (Å²) in [7, 11) is 0. The van der Waals surface area contributed by atoms with Gasteiger partial charge in [0.2, 0.25) is 0 Å². The molecule has 0 amide bonds. The lowest BCUT2D eigenvalue weighted by Crippen LogP contribution is -2.22. The van der Waals surface area contributed by atoms with Crippen molar-refractivity contribution in [3.8, 4) is 5.75 Å². The fourth-order valence-corrected chi connectivity index (χ4v) is 2.72. The van der Waals surface area contributed by atoms with E-state index in [1.807, 2.05) is 19.1 Å². The van der Waals surface area contributed by atoms with E-state index in [0.717, 1.165) is 36.0 Å². The summed E-state index contributed by atoms with van der Waals surface area (Å²) in [6, 6.07) is 8.47. The Morgan fingerprint density at radius 2 is 2.00 bits per heavy atom. The number of aryl methyl sites for hydroxylation is 1. The van der Waals surface area contributed by atoms with Gasteiger partial charge in [0, 0.05) is 5.38 Å². The summed E-state index contributed by atoms with van der Waals surface area (Å²) in [5.74, 6) is 0.931. The molecule has 0 aliphatic heterocycles. The largest absolute Gasteiger partial charge is 0.494 e. The van der Waals surface area contributed by atoms with E-state index in [9.17, 15) is 0 Å². The fourth-order valence-electron chi connectivity index (χ4n) is 2.09. The number of benzene rings is 1. The Morgan fingerprint density at radius 3 is 2.55 bits per heavy atom. The van der Waals surface area contributed by atoms with Gasteiger partial charge in [-0.05, 0) is 37.6 Å². The van der Waals surface area contributed by atoms with E-state index >= 15 is 0 Å². The average molecular weight is 290 g/mol. The van der Waals surface area contributed by atoms with Crippen molar-refractivity contribution in [3.63, 3.8) is 0 Å². The Labute approximate surface area is 125 Å². The van der Waals surface area contributed by atoms with Gasteiger partial charge in [-0.2, -0.15) is 0 Å². The first kappa shape index (κ1) is 15.0. The van der Waals surface area contributed by atoms with Crippen LogP contribution in [0, 0.1) is 6.92 Å². The second-order valence-corrected chi connectivity index (χ2v) is 5.76. The minimum absolute atomic E-state index is 0.158. The molecule has 0 radical (unpaired) electrons. The molecule has 2 rings (SSSR count). The van der Waals surface area contributed by atoms with Crippen molar-refractivity contribution in [2.75, 3.05) is 13.2 Å². The van der Waals surface area contributed by atoms with E-state index in [0.29, 0.717) is 0 Å². The van der Waals surface area contributed by atoms with E-state index in [1.165, 1.54) is 5.56 Å². The summed E-state index contributed by atoms with van der Waals surface area (Å²) in [6.45, 7) is 7.94. The number of ether oxygens (including phenoxy) is 1. The van der Waals surface area contributed by atoms with E-state index in [4.69, 9.17) is 4.74 Å². The standard InChI is InChI=1S/C16H22N2OS/c1-4-10-19-14-8-6-13(7-9-14)16(17-5-2)15-11-20-12(3)18-15/h6-9,11,16-17H,4-5,10H2,1-3H3. The molecule has 1 unspecified atom stereocenters. The minimum Gasteiger partial charge on any atom is -0.494 e. The van der Waals surface area contributed by atoms with Crippen molar-refractivity contribution in [2.24, 2.45) is 0 Å². The molecule has 3 nitrogen and oxygen atoms in total. The number of thiazole rings is 1. The molecule has 1 aromatic heterocycles. The van der Waals surface area contributed by atoms with Crippen molar-refractivity contribution >= 4 is 11.3 Å². The number of nitrogens with zero attached hydrogens (tertiary/aromatic N) is 1. The first-order chi connectivity index (χ1) is 9.74. The third kappa shape index (κ3) is 3.81. The van der Waals surface area contributed by atoms with Crippen LogP contribution in [0.25, 0.3) is 0 Å². The Kier molecular flexibility index (Phi) is 5.56. The molecule has 0 saturated heterocycles. The molecule has 2 aromatic rings. The lowest BCUT2D eigenvalue weighted by molar-refractivity contribution is 0.317. The predicted molar refractivity (Wildman–Crippen MR) is 84.6 cm³/mol. The van der Waals surface area contributed by atoms with Gasteiger partial charge < -0.3 is 10.1 Å². The van der Waals surface area contributed by atoms with Gasteiger partial charge in [-0.1, -0.05) is 26.0 Å². The number of rotatable bonds is 7. The van der Waals surface area contributed by atoms with Gasteiger partial charge in [0.15, 0.2) is 0 Å². The molecule has 1 heterocycles. The first-order valence-electron chi connectivity index (χ1n) is 7.12. The smallest absolute Gasteiger partial charge is 0.119 e. The highest BCUT2D eigenvalue weighted by molar-refractivity contribution is 7.09. The molecular formula is C16H22N2OS. The van der Waals surface area contributed by atoms with Gasteiger partial charge in [0.05, 0.1) is 23.4 Å². The van der Waals surface area contributed by atoms with Crippen molar-refractivity contribution < 1.29 is 4.74 Å². The van der Waals surface area contributed by atoms with Crippen LogP contribution in [0.1, 0.15) is 42.6 Å². The van der Waals surface area contributed by atoms with Crippen LogP contribution in [-0.2, 0) is 0 Å². The van der Waals surface area contributed by atoms with Crippen LogP contribution >= 0.6 is 11.3 Å². The van der Waals surface area contributed by atoms with Crippen LogP contribution in [0.2, 0.25) is 0 Å². The Hall–Kier alpha value is -1.39. The average Bonchev–Trinajstić information content (AvgIpc) is 2.89. The molecular weight excluding hydrogens is 268 g/mol. The summed E-state index contributed by atoms with van der Waals surface area (Å²) in [4.78, 5) is 4.60. The van der Waals surface area contributed by atoms with Gasteiger partial charge >= 0.3 is 0 Å². The third-order valence-electron chi connectivity index (χ3n) is 3.03. The van der Waals surface area contributed by atoms with Crippen molar-refractivity contribution in [3.05, 3.63) is 45.9 Å². The van der Waals surface area contributed by atoms with Gasteiger partial charge in [-0.15, -0.1) is 11.3 Å². The Bertz CT molecular complexity index is 522. The molecule has 1 atom stereocenters. The quantitative estimate of drug-likeness (QED) is 0.838. The second kappa shape index (κ2) is 7.41. The van der Waals surface area contributed by atoms with Crippen LogP contribution in [0.15, 0.2) is 29.6 Å². The lowest BCUT2D eigenvalue weighted by atomic mass is 10.0. The predicted octanol–water partition coefficient (Wildman–Crippen LogP) is 3.94. The van der Waals surface area contributed by atoms with Crippen LogP contribution in [-0.4, -0.2) is 18.1 Å². The van der Waals surface area contributed by atoms with Crippen LogP contribution in [0.3, 0.4) is 0 Å².